The van der Waals surface area contributed by atoms with Crippen molar-refractivity contribution in [2.24, 2.45) is 11.8 Å². The van der Waals surface area contributed by atoms with Gasteiger partial charge in [-0.3, -0.25) is 10.2 Å². The molecule has 3 atom stereocenters. The number of hydrazine groups is 1. The van der Waals surface area contributed by atoms with Gasteiger partial charge < -0.3 is 0 Å². The first-order valence-electron chi connectivity index (χ1n) is 12.6. The second-order valence-corrected chi connectivity index (χ2v) is 11.8. The lowest BCUT2D eigenvalue weighted by Crippen LogP contribution is -2.59. The van der Waals surface area contributed by atoms with E-state index in [1.807, 2.05) is 31.2 Å². The van der Waals surface area contributed by atoms with Crippen LogP contribution < -0.4 is 15.6 Å². The van der Waals surface area contributed by atoms with E-state index in [4.69, 9.17) is 0 Å². The van der Waals surface area contributed by atoms with Gasteiger partial charge in [-0.15, -0.1) is 0 Å². The van der Waals surface area contributed by atoms with E-state index in [0.29, 0.717) is 24.3 Å². The Morgan fingerprint density at radius 2 is 2.00 bits per heavy atom. The van der Waals surface area contributed by atoms with Crippen LogP contribution in [0.25, 0.3) is 5.57 Å². The Labute approximate surface area is 208 Å². The molecule has 1 heterocycles. The number of carbonyl (C=O) groups excluding carboxylic acids is 1. The van der Waals surface area contributed by atoms with Crippen LogP contribution in [-0.4, -0.2) is 26.6 Å². The Kier molecular flexibility index (Phi) is 7.93. The first kappa shape index (κ1) is 25.8. The molecule has 1 aliphatic heterocycles. The number of hydrogen-bond acceptors (Lipinski definition) is 4. The van der Waals surface area contributed by atoms with E-state index in [0.717, 1.165) is 60.6 Å². The quantitative estimate of drug-likeness (QED) is 0.515. The summed E-state index contributed by atoms with van der Waals surface area (Å²) >= 11 is 0. The molecule has 3 N–H and O–H groups in total. The topological polar surface area (TPSA) is 87.3 Å². The number of benzene rings is 1. The molecule has 2 fully saturated rings. The smallest absolute Gasteiger partial charge is 0.237 e. The van der Waals surface area contributed by atoms with Gasteiger partial charge in [0.2, 0.25) is 15.9 Å². The maximum absolute atomic E-state index is 15.1. The third-order valence-electron chi connectivity index (χ3n) is 7.65. The highest BCUT2D eigenvalue weighted by molar-refractivity contribution is 7.88. The molecule has 1 saturated heterocycles. The third-order valence-corrected chi connectivity index (χ3v) is 8.32. The van der Waals surface area contributed by atoms with Gasteiger partial charge in [0.1, 0.15) is 5.83 Å². The molecule has 3 unspecified atom stereocenters. The van der Waals surface area contributed by atoms with Crippen molar-refractivity contribution >= 4 is 21.5 Å². The summed E-state index contributed by atoms with van der Waals surface area (Å²) < 4.78 is 40.9. The number of carbonyl (C=O) groups is 1. The number of nitrogens with one attached hydrogen (secondary N) is 3. The number of sulfonamides is 1. The largest absolute Gasteiger partial charge is 0.291 e. The monoisotopic (exact) mass is 501 g/mol. The van der Waals surface area contributed by atoms with Gasteiger partial charge in [-0.25, -0.2) is 23.0 Å². The molecule has 0 spiro atoms. The van der Waals surface area contributed by atoms with Gasteiger partial charge in [0.05, 0.1) is 6.26 Å². The fourth-order valence-electron chi connectivity index (χ4n) is 5.79. The average Bonchev–Trinajstić information content (AvgIpc) is 2.84. The van der Waals surface area contributed by atoms with Crippen LogP contribution in [-0.2, 0) is 27.8 Å². The van der Waals surface area contributed by atoms with E-state index in [2.05, 4.69) is 22.5 Å². The molecule has 1 aromatic rings. The average molecular weight is 502 g/mol. The Hall–Kier alpha value is -2.29. The molecule has 0 radical (unpaired) electrons. The lowest BCUT2D eigenvalue weighted by Gasteiger charge is -2.41. The van der Waals surface area contributed by atoms with Crippen molar-refractivity contribution in [1.82, 2.24) is 15.6 Å². The number of halogens is 1. The number of amides is 1. The van der Waals surface area contributed by atoms with Crippen molar-refractivity contribution in [1.29, 1.82) is 0 Å². The van der Waals surface area contributed by atoms with Crippen molar-refractivity contribution in [2.75, 3.05) is 6.26 Å². The van der Waals surface area contributed by atoms with Gasteiger partial charge in [-0.2, -0.15) is 0 Å². The van der Waals surface area contributed by atoms with Gasteiger partial charge in [0.25, 0.3) is 0 Å². The van der Waals surface area contributed by atoms with Gasteiger partial charge in [-0.1, -0.05) is 43.5 Å². The molecule has 0 bridgehead atoms. The van der Waals surface area contributed by atoms with Crippen LogP contribution in [0.4, 0.5) is 4.39 Å². The van der Waals surface area contributed by atoms with Crippen molar-refractivity contribution < 1.29 is 17.6 Å². The first-order chi connectivity index (χ1) is 16.7. The van der Waals surface area contributed by atoms with Gasteiger partial charge in [-0.05, 0) is 79.4 Å². The summed E-state index contributed by atoms with van der Waals surface area (Å²) in [6.45, 7) is 4.28. The summed E-state index contributed by atoms with van der Waals surface area (Å²) in [5, 5.41) is 0. The van der Waals surface area contributed by atoms with E-state index in [1.165, 1.54) is 5.57 Å². The van der Waals surface area contributed by atoms with Crippen LogP contribution in [0.1, 0.15) is 69.1 Å². The minimum absolute atomic E-state index is 0.0815. The zero-order valence-corrected chi connectivity index (χ0v) is 21.6. The van der Waals surface area contributed by atoms with Gasteiger partial charge in [0.15, 0.2) is 0 Å². The Morgan fingerprint density at radius 1 is 1.23 bits per heavy atom. The molecule has 8 heteroatoms. The van der Waals surface area contributed by atoms with Crippen molar-refractivity contribution in [2.45, 2.75) is 71.4 Å². The van der Waals surface area contributed by atoms with Crippen LogP contribution in [0.5, 0.6) is 0 Å². The van der Waals surface area contributed by atoms with E-state index >= 15 is 4.39 Å². The first-order valence-corrected chi connectivity index (χ1v) is 14.4. The van der Waals surface area contributed by atoms with Crippen LogP contribution in [0, 0.1) is 11.8 Å². The van der Waals surface area contributed by atoms with E-state index in [9.17, 15) is 13.2 Å². The molecule has 3 aliphatic rings. The van der Waals surface area contributed by atoms with E-state index in [-0.39, 0.29) is 30.2 Å². The number of hydrogen-bond donors (Lipinski definition) is 3. The van der Waals surface area contributed by atoms with Crippen LogP contribution >= 0.6 is 0 Å². The molecule has 2 aliphatic carbocycles. The van der Waals surface area contributed by atoms with Crippen molar-refractivity contribution in [3.8, 4) is 0 Å². The summed E-state index contributed by atoms with van der Waals surface area (Å²) in [6, 6.07) is 5.82. The molecule has 1 amide bonds. The SMILES string of the molecule is CCc1c(CNS(C)(=O)=O)cccc1C1=C/C(=C(/C)CC2NNC(=O)C3CCCCC23)CC=C1F. The second-order valence-electron chi connectivity index (χ2n) is 10.0. The van der Waals surface area contributed by atoms with Gasteiger partial charge in [0, 0.05) is 24.1 Å². The maximum atomic E-state index is 15.1. The molecular weight excluding hydrogens is 465 g/mol. The Morgan fingerprint density at radius 3 is 2.74 bits per heavy atom. The van der Waals surface area contributed by atoms with Crippen LogP contribution in [0.15, 0.2) is 47.3 Å². The van der Waals surface area contributed by atoms with Gasteiger partial charge >= 0.3 is 0 Å². The second kappa shape index (κ2) is 10.8. The fraction of sp³-hybridized carbons (Fsp3) is 0.519. The minimum atomic E-state index is -3.33. The van der Waals surface area contributed by atoms with Crippen LogP contribution in [0.2, 0.25) is 0 Å². The summed E-state index contributed by atoms with van der Waals surface area (Å²) in [5.41, 5.74) is 11.5. The summed E-state index contributed by atoms with van der Waals surface area (Å²) in [7, 11) is -3.33. The lowest BCUT2D eigenvalue weighted by molar-refractivity contribution is -0.133. The van der Waals surface area contributed by atoms with Crippen molar-refractivity contribution in [3.05, 3.63) is 64.0 Å². The summed E-state index contributed by atoms with van der Waals surface area (Å²) in [4.78, 5) is 12.3. The predicted octanol–water partition coefficient (Wildman–Crippen LogP) is 4.45. The molecule has 1 saturated carbocycles. The summed E-state index contributed by atoms with van der Waals surface area (Å²) in [5.74, 6) is 0.273. The summed E-state index contributed by atoms with van der Waals surface area (Å²) in [6.07, 6.45) is 11.0. The van der Waals surface area contributed by atoms with Crippen molar-refractivity contribution in [3.63, 3.8) is 0 Å². The predicted molar refractivity (Wildman–Crippen MR) is 137 cm³/mol. The minimum Gasteiger partial charge on any atom is -0.291 e. The lowest BCUT2D eigenvalue weighted by atomic mass is 9.72. The third kappa shape index (κ3) is 5.93. The zero-order chi connectivity index (χ0) is 25.2. The normalized spacial score (nSPS) is 26.4. The maximum Gasteiger partial charge on any atom is 0.237 e. The molecule has 0 aromatic heterocycles. The Balaban J connectivity index is 1.62. The number of rotatable bonds is 7. The highest BCUT2D eigenvalue weighted by atomic mass is 32.2. The van der Waals surface area contributed by atoms with E-state index in [1.54, 1.807) is 6.08 Å². The fourth-order valence-corrected chi connectivity index (χ4v) is 6.21. The molecule has 1 aromatic carbocycles. The molecule has 35 heavy (non-hydrogen) atoms. The zero-order valence-electron chi connectivity index (χ0n) is 20.8. The number of allylic oxidation sites excluding steroid dienone is 5. The number of fused-ring (bicyclic) bond motifs is 1. The Bertz CT molecular complexity index is 1190. The molecule has 6 nitrogen and oxygen atoms in total. The van der Waals surface area contributed by atoms with E-state index < -0.39 is 10.0 Å². The molecular formula is C27H36FN3O3S. The highest BCUT2D eigenvalue weighted by Gasteiger charge is 2.39. The molecule has 190 valence electrons. The molecule has 4 rings (SSSR count). The van der Waals surface area contributed by atoms with Crippen LogP contribution in [0.3, 0.4) is 0 Å². The highest BCUT2D eigenvalue weighted by Crippen LogP contribution is 2.39. The standard InChI is InChI=1S/C27H36FN3O3S/c1-4-20-19(16-29-35(3,33)34)8-7-11-21(20)24-15-18(12-13-25(24)28)17(2)14-26-22-9-5-6-10-23(22)27(32)31-30-26/h7-8,11,13,15,22-23,26,29-30H,4-6,9-10,12,14,16H2,1-3H3,(H,31,32)/b18-17-.